The van der Waals surface area contributed by atoms with E-state index in [2.05, 4.69) is 10.1 Å². The van der Waals surface area contributed by atoms with Crippen LogP contribution in [0.5, 0.6) is 0 Å². The van der Waals surface area contributed by atoms with E-state index in [-0.39, 0.29) is 6.04 Å². The van der Waals surface area contributed by atoms with Crippen LogP contribution in [0.1, 0.15) is 23.2 Å². The number of furan rings is 1. The Morgan fingerprint density at radius 2 is 2.17 bits per heavy atom. The van der Waals surface area contributed by atoms with Crippen molar-refractivity contribution >= 4 is 11.1 Å². The van der Waals surface area contributed by atoms with Crippen LogP contribution in [-0.4, -0.2) is 14.8 Å². The highest BCUT2D eigenvalue weighted by Gasteiger charge is 2.17. The first-order chi connectivity index (χ1) is 8.65. The third kappa shape index (κ3) is 1.69. The molecule has 1 atom stereocenters. The molecular weight excluding hydrogens is 228 g/mol. The van der Waals surface area contributed by atoms with Gasteiger partial charge in [0.1, 0.15) is 17.3 Å². The molecule has 0 aliphatic rings. The van der Waals surface area contributed by atoms with Crippen LogP contribution >= 0.6 is 0 Å². The minimum absolute atomic E-state index is 0.327. The highest BCUT2D eigenvalue weighted by molar-refractivity contribution is 5.73. The topological polar surface area (TPSA) is 69.9 Å². The van der Waals surface area contributed by atoms with Gasteiger partial charge in [-0.1, -0.05) is 0 Å². The molecule has 0 spiro atoms. The molecule has 3 aromatic heterocycles. The van der Waals surface area contributed by atoms with Crippen molar-refractivity contribution in [3.05, 3.63) is 47.6 Å². The number of hydrogen-bond donors (Lipinski definition) is 1. The van der Waals surface area contributed by atoms with Gasteiger partial charge >= 0.3 is 0 Å². The maximum Gasteiger partial charge on any atom is 0.152 e. The van der Waals surface area contributed by atoms with Gasteiger partial charge in [0.05, 0.1) is 5.69 Å². The number of nitrogens with two attached hydrogens (primary N) is 1. The van der Waals surface area contributed by atoms with E-state index in [4.69, 9.17) is 10.2 Å². The number of aromatic nitrogens is 3. The maximum atomic E-state index is 6.18. The average molecular weight is 242 g/mol. The molecule has 18 heavy (non-hydrogen) atoms. The van der Waals surface area contributed by atoms with Crippen LogP contribution in [0.15, 0.2) is 34.9 Å². The molecule has 5 nitrogen and oxygen atoms in total. The van der Waals surface area contributed by atoms with Crippen molar-refractivity contribution in [1.82, 2.24) is 14.8 Å². The Kier molecular flexibility index (Phi) is 2.41. The Morgan fingerprint density at radius 3 is 2.89 bits per heavy atom. The summed E-state index contributed by atoms with van der Waals surface area (Å²) in [7, 11) is 1.86. The largest absolute Gasteiger partial charge is 0.457 e. The number of pyridine rings is 1. The molecule has 3 rings (SSSR count). The predicted molar refractivity (Wildman–Crippen MR) is 68.0 cm³/mol. The van der Waals surface area contributed by atoms with Gasteiger partial charge in [0, 0.05) is 25.0 Å². The lowest BCUT2D eigenvalue weighted by Gasteiger charge is -2.08. The summed E-state index contributed by atoms with van der Waals surface area (Å²) in [6.45, 7) is 1.95. The fourth-order valence-electron chi connectivity index (χ4n) is 2.03. The Balaban J connectivity index is 2.07. The Morgan fingerprint density at radius 1 is 1.33 bits per heavy atom. The van der Waals surface area contributed by atoms with Crippen molar-refractivity contribution in [3.63, 3.8) is 0 Å². The van der Waals surface area contributed by atoms with E-state index in [1.165, 1.54) is 0 Å². The van der Waals surface area contributed by atoms with Crippen LogP contribution in [-0.2, 0) is 7.05 Å². The molecule has 0 fully saturated rings. The van der Waals surface area contributed by atoms with Crippen LogP contribution in [0.25, 0.3) is 11.1 Å². The maximum absolute atomic E-state index is 6.18. The molecule has 0 aromatic carbocycles. The van der Waals surface area contributed by atoms with Crippen molar-refractivity contribution < 1.29 is 4.42 Å². The van der Waals surface area contributed by atoms with E-state index < -0.39 is 0 Å². The molecule has 0 amide bonds. The highest BCUT2D eigenvalue weighted by Crippen LogP contribution is 2.25. The average Bonchev–Trinajstić information content (AvgIpc) is 2.93. The summed E-state index contributed by atoms with van der Waals surface area (Å²) in [6, 6.07) is 7.28. The molecule has 0 radical (unpaired) electrons. The van der Waals surface area contributed by atoms with Gasteiger partial charge in [-0.15, -0.1) is 0 Å². The van der Waals surface area contributed by atoms with Gasteiger partial charge in [-0.2, -0.15) is 5.10 Å². The summed E-state index contributed by atoms with van der Waals surface area (Å²) in [6.07, 6.45) is 1.72. The van der Waals surface area contributed by atoms with Crippen LogP contribution in [0.4, 0.5) is 0 Å². The smallest absolute Gasteiger partial charge is 0.152 e. The molecule has 0 bridgehead atoms. The minimum Gasteiger partial charge on any atom is -0.457 e. The molecule has 1 unspecified atom stereocenters. The van der Waals surface area contributed by atoms with Gasteiger partial charge in [-0.25, -0.2) is 4.98 Å². The lowest BCUT2D eigenvalue weighted by Crippen LogP contribution is -2.15. The lowest BCUT2D eigenvalue weighted by molar-refractivity contribution is 0.509. The second-order valence-corrected chi connectivity index (χ2v) is 4.34. The third-order valence-corrected chi connectivity index (χ3v) is 3.02. The zero-order valence-electron chi connectivity index (χ0n) is 10.3. The number of nitrogens with zero attached hydrogens (tertiary/aromatic N) is 3. The van der Waals surface area contributed by atoms with Gasteiger partial charge in [0.15, 0.2) is 5.58 Å². The molecule has 0 saturated carbocycles. The Bertz CT molecular complexity index is 698. The minimum atomic E-state index is -0.327. The SMILES string of the molecule is Cc1ccc2oc(C(N)c3ccnn3C)cc2n1. The molecule has 2 N–H and O–H groups in total. The second-order valence-electron chi connectivity index (χ2n) is 4.34. The summed E-state index contributed by atoms with van der Waals surface area (Å²) in [5.74, 6) is 0.701. The van der Waals surface area contributed by atoms with Crippen molar-refractivity contribution in [2.45, 2.75) is 13.0 Å². The molecule has 3 heterocycles. The van der Waals surface area contributed by atoms with Crippen molar-refractivity contribution in [1.29, 1.82) is 0 Å². The Labute approximate surface area is 104 Å². The van der Waals surface area contributed by atoms with E-state index in [1.54, 1.807) is 10.9 Å². The second kappa shape index (κ2) is 3.96. The van der Waals surface area contributed by atoms with Crippen molar-refractivity contribution in [2.75, 3.05) is 0 Å². The fraction of sp³-hybridized carbons (Fsp3) is 0.231. The van der Waals surface area contributed by atoms with Crippen LogP contribution < -0.4 is 5.73 Å². The van der Waals surface area contributed by atoms with Crippen molar-refractivity contribution in [3.8, 4) is 0 Å². The molecule has 0 aliphatic heterocycles. The van der Waals surface area contributed by atoms with Gasteiger partial charge in [-0.3, -0.25) is 4.68 Å². The molecular formula is C13H14N4O. The fourth-order valence-corrected chi connectivity index (χ4v) is 2.03. The predicted octanol–water partition coefficient (Wildman–Crippen LogP) is 1.92. The lowest BCUT2D eigenvalue weighted by atomic mass is 10.1. The third-order valence-electron chi connectivity index (χ3n) is 3.02. The molecule has 92 valence electrons. The zero-order valence-corrected chi connectivity index (χ0v) is 10.3. The Hall–Kier alpha value is -2.14. The first-order valence-corrected chi connectivity index (χ1v) is 5.76. The molecule has 0 saturated heterocycles. The van der Waals surface area contributed by atoms with E-state index in [9.17, 15) is 0 Å². The van der Waals surface area contributed by atoms with Crippen molar-refractivity contribution in [2.24, 2.45) is 12.8 Å². The van der Waals surface area contributed by atoms with Gasteiger partial charge in [-0.05, 0) is 25.1 Å². The molecule has 0 aliphatic carbocycles. The first-order valence-electron chi connectivity index (χ1n) is 5.76. The quantitative estimate of drug-likeness (QED) is 0.745. The first kappa shape index (κ1) is 11.0. The standard InChI is InChI=1S/C13H14N4O/c1-8-3-4-11-9(16-8)7-12(18-11)13(14)10-5-6-15-17(10)2/h3-7,13H,14H2,1-2H3. The highest BCUT2D eigenvalue weighted by atomic mass is 16.3. The number of hydrogen-bond acceptors (Lipinski definition) is 4. The van der Waals surface area contributed by atoms with Crippen LogP contribution in [0.3, 0.4) is 0 Å². The number of rotatable bonds is 2. The monoisotopic (exact) mass is 242 g/mol. The van der Waals surface area contributed by atoms with Gasteiger partial charge in [0.2, 0.25) is 0 Å². The van der Waals surface area contributed by atoms with E-state index in [0.717, 1.165) is 22.5 Å². The van der Waals surface area contributed by atoms with E-state index in [0.29, 0.717) is 5.76 Å². The summed E-state index contributed by atoms with van der Waals surface area (Å²) in [4.78, 5) is 4.41. The van der Waals surface area contributed by atoms with Gasteiger partial charge < -0.3 is 10.2 Å². The van der Waals surface area contributed by atoms with Gasteiger partial charge in [0.25, 0.3) is 0 Å². The molecule has 5 heteroatoms. The summed E-state index contributed by atoms with van der Waals surface area (Å²) in [5.41, 5.74) is 9.64. The van der Waals surface area contributed by atoms with Crippen LogP contribution in [0, 0.1) is 6.92 Å². The number of fused-ring (bicyclic) bond motifs is 1. The summed E-state index contributed by atoms with van der Waals surface area (Å²) >= 11 is 0. The summed E-state index contributed by atoms with van der Waals surface area (Å²) in [5, 5.41) is 4.11. The van der Waals surface area contributed by atoms with E-state index in [1.807, 2.05) is 38.2 Å². The number of aryl methyl sites for hydroxylation is 2. The molecule has 3 aromatic rings. The van der Waals surface area contributed by atoms with E-state index >= 15 is 0 Å². The zero-order chi connectivity index (χ0) is 12.7. The summed E-state index contributed by atoms with van der Waals surface area (Å²) < 4.78 is 7.48. The van der Waals surface area contributed by atoms with Crippen LogP contribution in [0.2, 0.25) is 0 Å². The normalized spacial score (nSPS) is 13.1.